The molecular weight excluding hydrogens is 383 g/mol. The molecule has 0 radical (unpaired) electrons. The van der Waals surface area contributed by atoms with Crippen LogP contribution in [0.5, 0.6) is 0 Å². The van der Waals surface area contributed by atoms with E-state index in [9.17, 15) is 21.4 Å². The van der Waals surface area contributed by atoms with Gasteiger partial charge < -0.3 is 4.55 Å². The first-order valence-corrected chi connectivity index (χ1v) is 12.1. The third-order valence-electron chi connectivity index (χ3n) is 3.79. The first kappa shape index (κ1) is 28.8. The minimum absolute atomic E-state index is 0. The second-order valence-electron chi connectivity index (χ2n) is 6.24. The van der Waals surface area contributed by atoms with Crippen molar-refractivity contribution < 1.29 is 44.8 Å². The summed E-state index contributed by atoms with van der Waals surface area (Å²) in [6.45, 7) is 2.22. The summed E-state index contributed by atoms with van der Waals surface area (Å²) in [6, 6.07) is 7.19. The zero-order chi connectivity index (χ0) is 19.9. The molecule has 0 amide bonds. The number of hydrogen-bond acceptors (Lipinski definition) is 5. The maximum Gasteiger partial charge on any atom is 1.00 e. The van der Waals surface area contributed by atoms with Gasteiger partial charge in [0, 0.05) is 0 Å². The number of benzene rings is 1. The predicted molar refractivity (Wildman–Crippen MR) is 103 cm³/mol. The van der Waals surface area contributed by atoms with E-state index in [1.807, 2.05) is 0 Å². The second kappa shape index (κ2) is 16.6. The average Bonchev–Trinajstić information content (AvgIpc) is 2.56. The van der Waals surface area contributed by atoms with Crippen LogP contribution in [0.4, 0.5) is 0 Å². The number of hydrogen-bond donors (Lipinski definition) is 1. The Morgan fingerprint density at radius 2 is 1.19 bits per heavy atom. The fraction of sp³-hybridized carbons (Fsp3) is 0.667. The molecule has 0 heterocycles. The molecule has 0 aliphatic heterocycles. The van der Waals surface area contributed by atoms with Crippen molar-refractivity contribution in [3.63, 3.8) is 0 Å². The Hall–Kier alpha value is -0.363. The quantitative estimate of drug-likeness (QED) is 0.314. The maximum absolute atomic E-state index is 10.4. The standard InChI is InChI=1S/C12H26O3S.C6H6O3S.Li/c1-2-3-4-5-6-7-8-9-10-11-12-16(13,14)15;7-10(8,9)6-4-2-1-3-5-6;/h2-12H2,1H3,(H,13,14,15);1-5H,(H,7,8,9);/q;;+1/p-1. The van der Waals surface area contributed by atoms with E-state index in [0.717, 1.165) is 12.8 Å². The van der Waals surface area contributed by atoms with Crippen LogP contribution in [0.15, 0.2) is 35.2 Å². The van der Waals surface area contributed by atoms with Crippen molar-refractivity contribution in [1.29, 1.82) is 0 Å². The summed E-state index contributed by atoms with van der Waals surface area (Å²) < 4.78 is 60.2. The summed E-state index contributed by atoms with van der Waals surface area (Å²) in [6.07, 6.45) is 11.7. The molecule has 1 N–H and O–H groups in total. The Morgan fingerprint density at radius 1 is 0.778 bits per heavy atom. The minimum Gasteiger partial charge on any atom is -0.744 e. The van der Waals surface area contributed by atoms with E-state index >= 15 is 0 Å². The minimum atomic E-state index is -4.25. The van der Waals surface area contributed by atoms with Crippen LogP contribution in [0, 0.1) is 0 Å². The number of rotatable bonds is 12. The van der Waals surface area contributed by atoms with Gasteiger partial charge in [-0.2, -0.15) is 8.42 Å². The predicted octanol–water partition coefficient (Wildman–Crippen LogP) is 1.39. The smallest absolute Gasteiger partial charge is 0.744 e. The SMILES string of the molecule is CCCCCCCCCCCCS(=O)(=O)O.O=S(=O)([O-])c1ccccc1.[Li+]. The molecule has 0 unspecified atom stereocenters. The Bertz CT molecular complexity index is 660. The van der Waals surface area contributed by atoms with Gasteiger partial charge in [-0.25, -0.2) is 8.42 Å². The largest absolute Gasteiger partial charge is 1.00 e. The van der Waals surface area contributed by atoms with Crippen LogP contribution >= 0.6 is 0 Å². The Balaban J connectivity index is 0. The fourth-order valence-electron chi connectivity index (χ4n) is 2.36. The molecule has 1 aromatic rings. The second-order valence-corrected chi connectivity index (χ2v) is 9.19. The molecule has 0 bridgehead atoms. The molecule has 0 spiro atoms. The summed E-state index contributed by atoms with van der Waals surface area (Å²) in [7, 11) is -7.98. The molecule has 1 aromatic carbocycles. The zero-order valence-electron chi connectivity index (χ0n) is 16.5. The third kappa shape index (κ3) is 20.2. The van der Waals surface area contributed by atoms with Crippen molar-refractivity contribution in [3.05, 3.63) is 30.3 Å². The van der Waals surface area contributed by atoms with E-state index in [1.54, 1.807) is 6.07 Å². The van der Waals surface area contributed by atoms with Gasteiger partial charge in [0.05, 0.1) is 10.6 Å². The summed E-state index contributed by atoms with van der Waals surface area (Å²) in [5.41, 5.74) is 0. The molecule has 6 nitrogen and oxygen atoms in total. The molecule has 0 aliphatic rings. The molecule has 0 atom stereocenters. The molecule has 0 aliphatic carbocycles. The summed E-state index contributed by atoms with van der Waals surface area (Å²) in [5, 5.41) is 0. The van der Waals surface area contributed by atoms with Gasteiger partial charge in [0.25, 0.3) is 10.1 Å². The van der Waals surface area contributed by atoms with Crippen LogP contribution < -0.4 is 18.9 Å². The molecule has 0 fully saturated rings. The van der Waals surface area contributed by atoms with Crippen LogP contribution in [-0.4, -0.2) is 31.7 Å². The molecule has 0 saturated carbocycles. The van der Waals surface area contributed by atoms with Crippen LogP contribution in [-0.2, 0) is 20.2 Å². The first-order chi connectivity index (χ1) is 12.2. The van der Waals surface area contributed by atoms with E-state index < -0.39 is 20.2 Å². The van der Waals surface area contributed by atoms with Crippen molar-refractivity contribution in [1.82, 2.24) is 0 Å². The van der Waals surface area contributed by atoms with Crippen molar-refractivity contribution in [2.24, 2.45) is 0 Å². The van der Waals surface area contributed by atoms with Crippen LogP contribution in [0.3, 0.4) is 0 Å². The van der Waals surface area contributed by atoms with Gasteiger partial charge >= 0.3 is 18.9 Å². The van der Waals surface area contributed by atoms with Crippen LogP contribution in [0.25, 0.3) is 0 Å². The van der Waals surface area contributed by atoms with Gasteiger partial charge in [0.2, 0.25) is 0 Å². The average molecular weight is 415 g/mol. The molecule has 1 rings (SSSR count). The Morgan fingerprint density at radius 3 is 1.52 bits per heavy atom. The molecule has 152 valence electrons. The van der Waals surface area contributed by atoms with Crippen molar-refractivity contribution in [2.75, 3.05) is 5.75 Å². The van der Waals surface area contributed by atoms with E-state index in [1.165, 1.54) is 69.2 Å². The Kier molecular flexibility index (Phi) is 17.7. The van der Waals surface area contributed by atoms with E-state index in [-0.39, 0.29) is 29.5 Å². The van der Waals surface area contributed by atoms with Crippen LogP contribution in [0.1, 0.15) is 71.1 Å². The summed E-state index contributed by atoms with van der Waals surface area (Å²) >= 11 is 0. The molecule has 27 heavy (non-hydrogen) atoms. The van der Waals surface area contributed by atoms with Crippen molar-refractivity contribution >= 4 is 20.2 Å². The van der Waals surface area contributed by atoms with Gasteiger partial charge in [-0.15, -0.1) is 0 Å². The van der Waals surface area contributed by atoms with E-state index in [0.29, 0.717) is 6.42 Å². The summed E-state index contributed by atoms with van der Waals surface area (Å²) in [5.74, 6) is -0.0799. The summed E-state index contributed by atoms with van der Waals surface area (Å²) in [4.78, 5) is -0.185. The van der Waals surface area contributed by atoms with Gasteiger partial charge in [0.1, 0.15) is 10.1 Å². The molecule has 0 saturated heterocycles. The van der Waals surface area contributed by atoms with Gasteiger partial charge in [-0.3, -0.25) is 4.55 Å². The molecule has 0 aromatic heterocycles. The van der Waals surface area contributed by atoms with Gasteiger partial charge in [-0.1, -0.05) is 82.9 Å². The van der Waals surface area contributed by atoms with E-state index in [4.69, 9.17) is 4.55 Å². The zero-order valence-corrected chi connectivity index (χ0v) is 18.1. The monoisotopic (exact) mass is 414 g/mol. The molecular formula is C18H31LiO6S2. The topological polar surface area (TPSA) is 112 Å². The maximum atomic E-state index is 10.4. The fourth-order valence-corrected chi connectivity index (χ4v) is 3.42. The van der Waals surface area contributed by atoms with E-state index in [2.05, 4.69) is 6.92 Å². The number of unbranched alkanes of at least 4 members (excludes halogenated alkanes) is 9. The third-order valence-corrected chi connectivity index (χ3v) is 5.44. The van der Waals surface area contributed by atoms with Crippen LogP contribution in [0.2, 0.25) is 0 Å². The molecule has 9 heteroatoms. The van der Waals surface area contributed by atoms with Crippen molar-refractivity contribution in [3.8, 4) is 0 Å². The van der Waals surface area contributed by atoms with Gasteiger partial charge in [-0.05, 0) is 18.6 Å². The normalized spacial score (nSPS) is 11.2. The Labute approximate surface area is 176 Å². The van der Waals surface area contributed by atoms with Crippen molar-refractivity contribution in [2.45, 2.75) is 76.0 Å². The van der Waals surface area contributed by atoms with Gasteiger partial charge in [0.15, 0.2) is 0 Å². The first-order valence-electron chi connectivity index (χ1n) is 9.13.